The van der Waals surface area contributed by atoms with Crippen LogP contribution in [-0.4, -0.2) is 10.9 Å². The maximum absolute atomic E-state index is 11.9. The second-order valence-corrected chi connectivity index (χ2v) is 4.72. The van der Waals surface area contributed by atoms with Crippen molar-refractivity contribution in [3.8, 4) is 0 Å². The van der Waals surface area contributed by atoms with Crippen LogP contribution in [0.2, 0.25) is 0 Å². The Morgan fingerprint density at radius 3 is 2.53 bits per heavy atom. The molecular formula is C15H17N3O. The van der Waals surface area contributed by atoms with Gasteiger partial charge in [0.2, 0.25) is 5.91 Å². The van der Waals surface area contributed by atoms with E-state index in [0.717, 1.165) is 16.8 Å². The summed E-state index contributed by atoms with van der Waals surface area (Å²) in [7, 11) is 0. The predicted molar refractivity (Wildman–Crippen MR) is 75.6 cm³/mol. The van der Waals surface area contributed by atoms with Crippen molar-refractivity contribution in [2.75, 3.05) is 5.32 Å². The van der Waals surface area contributed by atoms with E-state index in [4.69, 9.17) is 5.73 Å². The largest absolute Gasteiger partial charge is 0.368 e. The van der Waals surface area contributed by atoms with Crippen LogP contribution in [-0.2, 0) is 10.3 Å². The van der Waals surface area contributed by atoms with Gasteiger partial charge in [-0.25, -0.2) is 0 Å². The van der Waals surface area contributed by atoms with E-state index in [0.29, 0.717) is 0 Å². The average Bonchev–Trinajstić information content (AvgIpc) is 2.39. The average molecular weight is 255 g/mol. The van der Waals surface area contributed by atoms with Crippen molar-refractivity contribution in [3.63, 3.8) is 0 Å². The molecule has 0 bridgehead atoms. The third-order valence-corrected chi connectivity index (χ3v) is 3.16. The summed E-state index contributed by atoms with van der Waals surface area (Å²) in [6, 6.07) is 11.4. The highest BCUT2D eigenvalue weighted by atomic mass is 16.1. The number of pyridine rings is 1. The minimum atomic E-state index is -0.962. The van der Waals surface area contributed by atoms with Crippen molar-refractivity contribution in [1.29, 1.82) is 0 Å². The highest BCUT2D eigenvalue weighted by Crippen LogP contribution is 2.25. The molecule has 0 aliphatic carbocycles. The van der Waals surface area contributed by atoms with Gasteiger partial charge in [-0.2, -0.15) is 0 Å². The summed E-state index contributed by atoms with van der Waals surface area (Å²) >= 11 is 0. The minimum Gasteiger partial charge on any atom is -0.368 e. The zero-order chi connectivity index (χ0) is 13.9. The van der Waals surface area contributed by atoms with Crippen LogP contribution in [0.5, 0.6) is 0 Å². The number of nitrogens with zero attached hydrogens (tertiary/aromatic N) is 1. The second kappa shape index (κ2) is 5.10. The van der Waals surface area contributed by atoms with E-state index in [9.17, 15) is 4.79 Å². The number of hydrogen-bond acceptors (Lipinski definition) is 3. The standard InChI is InChI=1S/C15H17N3O/c1-11-4-3-5-13(10-11)18-15(2,14(16)19)12-6-8-17-9-7-12/h3-10,18H,1-2H3,(H2,16,19). The lowest BCUT2D eigenvalue weighted by Gasteiger charge is -2.29. The molecule has 98 valence electrons. The van der Waals surface area contributed by atoms with Crippen LogP contribution in [0.25, 0.3) is 0 Å². The number of anilines is 1. The van der Waals surface area contributed by atoms with Crippen LogP contribution < -0.4 is 11.1 Å². The second-order valence-electron chi connectivity index (χ2n) is 4.72. The number of benzene rings is 1. The van der Waals surface area contributed by atoms with E-state index >= 15 is 0 Å². The first-order valence-electron chi connectivity index (χ1n) is 6.07. The van der Waals surface area contributed by atoms with Crippen molar-refractivity contribution in [1.82, 2.24) is 4.98 Å². The summed E-state index contributed by atoms with van der Waals surface area (Å²) < 4.78 is 0. The molecule has 0 radical (unpaired) electrons. The number of carbonyl (C=O) groups excluding carboxylic acids is 1. The molecule has 4 heteroatoms. The Labute approximate surface area is 112 Å². The molecule has 0 aliphatic heterocycles. The topological polar surface area (TPSA) is 68.0 Å². The molecule has 1 atom stereocenters. The molecule has 1 aromatic heterocycles. The lowest BCUT2D eigenvalue weighted by molar-refractivity contribution is -0.122. The van der Waals surface area contributed by atoms with Crippen molar-refractivity contribution in [2.45, 2.75) is 19.4 Å². The number of carbonyl (C=O) groups is 1. The van der Waals surface area contributed by atoms with Gasteiger partial charge in [-0.05, 0) is 49.2 Å². The highest BCUT2D eigenvalue weighted by molar-refractivity contribution is 5.88. The smallest absolute Gasteiger partial charge is 0.247 e. The van der Waals surface area contributed by atoms with Crippen LogP contribution in [0.1, 0.15) is 18.1 Å². The zero-order valence-electron chi connectivity index (χ0n) is 11.1. The Hall–Kier alpha value is -2.36. The van der Waals surface area contributed by atoms with E-state index in [2.05, 4.69) is 10.3 Å². The minimum absolute atomic E-state index is 0.430. The van der Waals surface area contributed by atoms with Crippen molar-refractivity contribution < 1.29 is 4.79 Å². The summed E-state index contributed by atoms with van der Waals surface area (Å²) in [6.07, 6.45) is 3.29. The van der Waals surface area contributed by atoms with Crippen molar-refractivity contribution in [2.24, 2.45) is 5.73 Å². The molecule has 0 aliphatic rings. The summed E-state index contributed by atoms with van der Waals surface area (Å²) in [5, 5.41) is 3.21. The Balaban J connectivity index is 2.39. The first-order valence-corrected chi connectivity index (χ1v) is 6.07. The maximum Gasteiger partial charge on any atom is 0.247 e. The van der Waals surface area contributed by atoms with Crippen LogP contribution in [0, 0.1) is 6.92 Å². The van der Waals surface area contributed by atoms with Gasteiger partial charge in [0, 0.05) is 18.1 Å². The lowest BCUT2D eigenvalue weighted by atomic mass is 9.91. The van der Waals surface area contributed by atoms with Gasteiger partial charge in [-0.1, -0.05) is 12.1 Å². The fraction of sp³-hybridized carbons (Fsp3) is 0.200. The van der Waals surface area contributed by atoms with Gasteiger partial charge >= 0.3 is 0 Å². The molecule has 3 N–H and O–H groups in total. The molecule has 1 amide bonds. The summed E-state index contributed by atoms with van der Waals surface area (Å²) in [5.74, 6) is -0.430. The third kappa shape index (κ3) is 2.73. The summed E-state index contributed by atoms with van der Waals surface area (Å²) in [6.45, 7) is 3.77. The number of hydrogen-bond donors (Lipinski definition) is 2. The molecule has 19 heavy (non-hydrogen) atoms. The monoisotopic (exact) mass is 255 g/mol. The van der Waals surface area contributed by atoms with Gasteiger partial charge in [-0.15, -0.1) is 0 Å². The molecule has 0 saturated carbocycles. The number of nitrogens with two attached hydrogens (primary N) is 1. The van der Waals surface area contributed by atoms with Crippen molar-refractivity contribution >= 4 is 11.6 Å². The van der Waals surface area contributed by atoms with Crippen LogP contribution in [0.15, 0.2) is 48.8 Å². The maximum atomic E-state index is 11.9. The lowest BCUT2D eigenvalue weighted by Crippen LogP contribution is -2.45. The summed E-state index contributed by atoms with van der Waals surface area (Å²) in [5.41, 5.74) is 7.37. The molecule has 1 aromatic carbocycles. The molecule has 2 rings (SSSR count). The molecule has 0 spiro atoms. The fourth-order valence-electron chi connectivity index (χ4n) is 1.97. The molecular weight excluding hydrogens is 238 g/mol. The van der Waals surface area contributed by atoms with Gasteiger partial charge in [0.1, 0.15) is 5.54 Å². The van der Waals surface area contributed by atoms with Gasteiger partial charge in [0.25, 0.3) is 0 Å². The first-order chi connectivity index (χ1) is 9.02. The van der Waals surface area contributed by atoms with Gasteiger partial charge in [0.05, 0.1) is 0 Å². The van der Waals surface area contributed by atoms with Gasteiger partial charge in [0.15, 0.2) is 0 Å². The van der Waals surface area contributed by atoms with Crippen LogP contribution in [0.3, 0.4) is 0 Å². The molecule has 0 fully saturated rings. The summed E-state index contributed by atoms with van der Waals surface area (Å²) in [4.78, 5) is 15.8. The van der Waals surface area contributed by atoms with E-state index in [1.165, 1.54) is 0 Å². The Kier molecular flexibility index (Phi) is 3.51. The number of aryl methyl sites for hydroxylation is 1. The van der Waals surface area contributed by atoms with Crippen molar-refractivity contribution in [3.05, 3.63) is 59.9 Å². The van der Waals surface area contributed by atoms with Gasteiger partial charge in [-0.3, -0.25) is 9.78 Å². The van der Waals surface area contributed by atoms with Crippen LogP contribution in [0.4, 0.5) is 5.69 Å². The predicted octanol–water partition coefficient (Wildman–Crippen LogP) is 2.20. The first kappa shape index (κ1) is 13.1. The van der Waals surface area contributed by atoms with E-state index < -0.39 is 11.4 Å². The quantitative estimate of drug-likeness (QED) is 0.880. The number of primary amides is 1. The molecule has 2 aromatic rings. The Morgan fingerprint density at radius 2 is 1.95 bits per heavy atom. The number of amides is 1. The SMILES string of the molecule is Cc1cccc(NC(C)(C(N)=O)c2ccncc2)c1. The Morgan fingerprint density at radius 1 is 1.26 bits per heavy atom. The molecule has 4 nitrogen and oxygen atoms in total. The number of rotatable bonds is 4. The molecule has 1 heterocycles. The number of aromatic nitrogens is 1. The van der Waals surface area contributed by atoms with Crippen LogP contribution >= 0.6 is 0 Å². The van der Waals surface area contributed by atoms with E-state index in [1.807, 2.05) is 31.2 Å². The van der Waals surface area contributed by atoms with E-state index in [1.54, 1.807) is 31.5 Å². The number of nitrogens with one attached hydrogen (secondary N) is 1. The highest BCUT2D eigenvalue weighted by Gasteiger charge is 2.33. The third-order valence-electron chi connectivity index (χ3n) is 3.16. The van der Waals surface area contributed by atoms with Gasteiger partial charge < -0.3 is 11.1 Å². The fourth-order valence-corrected chi connectivity index (χ4v) is 1.97. The van der Waals surface area contributed by atoms with E-state index in [-0.39, 0.29) is 0 Å². The Bertz CT molecular complexity index is 583. The normalized spacial score (nSPS) is 13.6. The molecule has 1 unspecified atom stereocenters. The molecule has 0 saturated heterocycles. The zero-order valence-corrected chi connectivity index (χ0v) is 11.1.